The zero-order valence-electron chi connectivity index (χ0n) is 17.1. The Morgan fingerprint density at radius 1 is 1.10 bits per heavy atom. The number of ether oxygens (including phenoxy) is 1. The van der Waals surface area contributed by atoms with Crippen molar-refractivity contribution in [2.24, 2.45) is 0 Å². The molecular weight excluding hydrogens is 364 g/mol. The predicted octanol–water partition coefficient (Wildman–Crippen LogP) is 4.91. The Kier molecular flexibility index (Phi) is 7.59. The molecule has 0 aliphatic rings. The van der Waals surface area contributed by atoms with Crippen molar-refractivity contribution < 1.29 is 13.9 Å². The van der Waals surface area contributed by atoms with Gasteiger partial charge in [0.1, 0.15) is 0 Å². The summed E-state index contributed by atoms with van der Waals surface area (Å²) in [5.41, 5.74) is 3.19. The van der Waals surface area contributed by atoms with Gasteiger partial charge in [0, 0.05) is 24.9 Å². The van der Waals surface area contributed by atoms with Crippen molar-refractivity contribution in [3.05, 3.63) is 77.8 Å². The lowest BCUT2D eigenvalue weighted by Crippen LogP contribution is -2.22. The summed E-state index contributed by atoms with van der Waals surface area (Å²) in [6.07, 6.45) is 3.72. The molecule has 0 unspecified atom stereocenters. The van der Waals surface area contributed by atoms with Crippen LogP contribution < -0.4 is 5.32 Å². The molecule has 1 aromatic heterocycles. The van der Waals surface area contributed by atoms with Gasteiger partial charge in [0.05, 0.1) is 18.9 Å². The second kappa shape index (κ2) is 10.6. The molecule has 0 aliphatic heterocycles. The zero-order valence-corrected chi connectivity index (χ0v) is 17.1. The first-order chi connectivity index (χ1) is 14.1. The maximum atomic E-state index is 12.1. The second-order valence-electron chi connectivity index (χ2n) is 7.29. The molecular formula is C24H28N2O3. The fraction of sp³-hybridized carbons (Fsp3) is 0.333. The van der Waals surface area contributed by atoms with E-state index in [-0.39, 0.29) is 12.0 Å². The largest absolute Gasteiger partial charge is 0.441 e. The highest BCUT2D eigenvalue weighted by Crippen LogP contribution is 2.20. The minimum absolute atomic E-state index is 0.0312. The number of nitrogens with zero attached hydrogens (tertiary/aromatic N) is 1. The molecule has 5 heteroatoms. The highest BCUT2D eigenvalue weighted by atomic mass is 16.5. The Morgan fingerprint density at radius 3 is 2.69 bits per heavy atom. The van der Waals surface area contributed by atoms with Gasteiger partial charge in [-0.25, -0.2) is 4.98 Å². The summed E-state index contributed by atoms with van der Waals surface area (Å²) in [4.78, 5) is 16.5. The van der Waals surface area contributed by atoms with Crippen LogP contribution in [0.1, 0.15) is 43.7 Å². The molecule has 5 nitrogen and oxygen atoms in total. The third-order valence-electron chi connectivity index (χ3n) is 4.47. The molecule has 0 radical (unpaired) electrons. The van der Waals surface area contributed by atoms with Crippen molar-refractivity contribution in [2.75, 3.05) is 0 Å². The average Bonchev–Trinajstić information content (AvgIpc) is 3.21. The number of amides is 1. The molecule has 1 N–H and O–H groups in total. The van der Waals surface area contributed by atoms with E-state index < -0.39 is 0 Å². The molecule has 1 heterocycles. The van der Waals surface area contributed by atoms with E-state index in [0.717, 1.165) is 22.5 Å². The molecule has 0 fully saturated rings. The van der Waals surface area contributed by atoms with Crippen molar-refractivity contribution in [2.45, 2.75) is 52.4 Å². The fourth-order valence-electron chi connectivity index (χ4n) is 2.94. The number of hydrogen-bond donors (Lipinski definition) is 1. The number of nitrogens with one attached hydrogen (secondary N) is 1. The summed E-state index contributed by atoms with van der Waals surface area (Å²) in [5.74, 6) is 1.45. The van der Waals surface area contributed by atoms with Crippen LogP contribution in [0.15, 0.2) is 65.2 Å². The van der Waals surface area contributed by atoms with Crippen LogP contribution in [-0.2, 0) is 29.1 Å². The fourth-order valence-corrected chi connectivity index (χ4v) is 2.94. The van der Waals surface area contributed by atoms with E-state index in [0.29, 0.717) is 38.3 Å². The van der Waals surface area contributed by atoms with E-state index in [9.17, 15) is 4.79 Å². The molecule has 152 valence electrons. The minimum Gasteiger partial charge on any atom is -0.441 e. The van der Waals surface area contributed by atoms with Crippen LogP contribution in [0.5, 0.6) is 0 Å². The number of benzene rings is 2. The van der Waals surface area contributed by atoms with Crippen molar-refractivity contribution >= 4 is 5.91 Å². The van der Waals surface area contributed by atoms with Gasteiger partial charge < -0.3 is 14.5 Å². The molecule has 3 aromatic rings. The molecule has 0 bridgehead atoms. The summed E-state index contributed by atoms with van der Waals surface area (Å²) >= 11 is 0. The number of hydrogen-bond acceptors (Lipinski definition) is 4. The Balaban J connectivity index is 1.39. The minimum atomic E-state index is 0.0312. The SMILES string of the molecule is CC(C)OCc1cccc(CNC(=O)CCCc2ncc(-c3ccccc3)o2)c1. The quantitative estimate of drug-likeness (QED) is 0.533. The molecule has 0 aliphatic carbocycles. The highest BCUT2D eigenvalue weighted by molar-refractivity contribution is 5.75. The van der Waals surface area contributed by atoms with E-state index in [2.05, 4.69) is 16.4 Å². The van der Waals surface area contributed by atoms with E-state index in [1.165, 1.54) is 0 Å². The highest BCUT2D eigenvalue weighted by Gasteiger charge is 2.08. The average molecular weight is 392 g/mol. The van der Waals surface area contributed by atoms with Gasteiger partial charge in [0.15, 0.2) is 11.7 Å². The van der Waals surface area contributed by atoms with Crippen LogP contribution in [-0.4, -0.2) is 17.0 Å². The van der Waals surface area contributed by atoms with Crippen molar-refractivity contribution in [1.29, 1.82) is 0 Å². The second-order valence-corrected chi connectivity index (χ2v) is 7.29. The summed E-state index contributed by atoms with van der Waals surface area (Å²) in [7, 11) is 0. The number of rotatable bonds is 10. The standard InChI is InChI=1S/C24H28N2O3/c1-18(2)28-17-20-9-6-8-19(14-20)15-25-23(27)12-7-13-24-26-16-22(29-24)21-10-4-3-5-11-21/h3-6,8-11,14,16,18H,7,12-13,15,17H2,1-2H3,(H,25,27). The Hall–Kier alpha value is -2.92. The van der Waals surface area contributed by atoms with Crippen LogP contribution in [0.3, 0.4) is 0 Å². The van der Waals surface area contributed by atoms with Crippen LogP contribution >= 0.6 is 0 Å². The summed E-state index contributed by atoms with van der Waals surface area (Å²) in [6.45, 7) is 5.14. The molecule has 0 saturated heterocycles. The Bertz CT molecular complexity index is 903. The van der Waals surface area contributed by atoms with Crippen LogP contribution in [0.25, 0.3) is 11.3 Å². The summed E-state index contributed by atoms with van der Waals surface area (Å²) in [5, 5.41) is 2.98. The van der Waals surface area contributed by atoms with E-state index >= 15 is 0 Å². The maximum Gasteiger partial charge on any atom is 0.220 e. The van der Waals surface area contributed by atoms with Gasteiger partial charge in [-0.15, -0.1) is 0 Å². The lowest BCUT2D eigenvalue weighted by molar-refractivity contribution is -0.121. The normalized spacial score (nSPS) is 11.0. The summed E-state index contributed by atoms with van der Waals surface area (Å²) in [6, 6.07) is 18.0. The lowest BCUT2D eigenvalue weighted by Gasteiger charge is -2.09. The molecule has 2 aromatic carbocycles. The molecule has 1 amide bonds. The third kappa shape index (κ3) is 6.88. The van der Waals surface area contributed by atoms with Crippen LogP contribution in [0.2, 0.25) is 0 Å². The number of oxazole rings is 1. The lowest BCUT2D eigenvalue weighted by atomic mass is 10.1. The van der Waals surface area contributed by atoms with Gasteiger partial charge in [-0.3, -0.25) is 4.79 Å². The van der Waals surface area contributed by atoms with Gasteiger partial charge >= 0.3 is 0 Å². The van der Waals surface area contributed by atoms with E-state index in [4.69, 9.17) is 9.15 Å². The maximum absolute atomic E-state index is 12.1. The Morgan fingerprint density at radius 2 is 1.90 bits per heavy atom. The van der Waals surface area contributed by atoms with E-state index in [1.54, 1.807) is 6.20 Å². The topological polar surface area (TPSA) is 64.4 Å². The molecule has 0 spiro atoms. The first kappa shape index (κ1) is 20.8. The number of aryl methyl sites for hydroxylation is 1. The Labute approximate surface area is 172 Å². The molecule has 29 heavy (non-hydrogen) atoms. The van der Waals surface area contributed by atoms with Gasteiger partial charge in [-0.1, -0.05) is 54.6 Å². The first-order valence-electron chi connectivity index (χ1n) is 10.1. The van der Waals surface area contributed by atoms with Crippen LogP contribution in [0.4, 0.5) is 0 Å². The van der Waals surface area contributed by atoms with Gasteiger partial charge in [-0.05, 0) is 31.4 Å². The molecule has 0 atom stereocenters. The van der Waals surface area contributed by atoms with Crippen molar-refractivity contribution in [1.82, 2.24) is 10.3 Å². The van der Waals surface area contributed by atoms with Crippen molar-refractivity contribution in [3.8, 4) is 11.3 Å². The number of carbonyl (C=O) groups excluding carboxylic acids is 1. The predicted molar refractivity (Wildman–Crippen MR) is 113 cm³/mol. The monoisotopic (exact) mass is 392 g/mol. The van der Waals surface area contributed by atoms with Crippen molar-refractivity contribution in [3.63, 3.8) is 0 Å². The smallest absolute Gasteiger partial charge is 0.220 e. The van der Waals surface area contributed by atoms with Gasteiger partial charge in [0.25, 0.3) is 0 Å². The van der Waals surface area contributed by atoms with Crippen LogP contribution in [0, 0.1) is 0 Å². The van der Waals surface area contributed by atoms with Gasteiger partial charge in [0.2, 0.25) is 5.91 Å². The van der Waals surface area contributed by atoms with Gasteiger partial charge in [-0.2, -0.15) is 0 Å². The number of aromatic nitrogens is 1. The first-order valence-corrected chi connectivity index (χ1v) is 10.1. The van der Waals surface area contributed by atoms with E-state index in [1.807, 2.05) is 62.4 Å². The molecule has 3 rings (SSSR count). The third-order valence-corrected chi connectivity index (χ3v) is 4.47. The number of carbonyl (C=O) groups is 1. The summed E-state index contributed by atoms with van der Waals surface area (Å²) < 4.78 is 11.4. The molecule has 0 saturated carbocycles. The zero-order chi connectivity index (χ0) is 20.5.